The van der Waals surface area contributed by atoms with Gasteiger partial charge in [-0.25, -0.2) is 0 Å². The van der Waals surface area contributed by atoms with Crippen molar-refractivity contribution in [1.82, 2.24) is 0 Å². The van der Waals surface area contributed by atoms with Gasteiger partial charge in [-0.05, 0) is 90.2 Å². The largest absolute Gasteiger partial charge is 0.0620 e. The molecule has 0 aromatic heterocycles. The minimum Gasteiger partial charge on any atom is -0.0620 e. The summed E-state index contributed by atoms with van der Waals surface area (Å²) in [5.74, 6) is 1.84. The van der Waals surface area contributed by atoms with Crippen LogP contribution in [-0.2, 0) is 19.3 Å². The van der Waals surface area contributed by atoms with Crippen LogP contribution in [-0.4, -0.2) is 0 Å². The van der Waals surface area contributed by atoms with E-state index in [0.29, 0.717) is 0 Å². The molecule has 1 fully saturated rings. The van der Waals surface area contributed by atoms with Gasteiger partial charge in [0.1, 0.15) is 0 Å². The van der Waals surface area contributed by atoms with Crippen LogP contribution in [0.15, 0.2) is 36.4 Å². The van der Waals surface area contributed by atoms with Crippen molar-refractivity contribution in [2.75, 3.05) is 0 Å². The third kappa shape index (κ3) is 2.18. The Morgan fingerprint density at radius 1 is 0.652 bits per heavy atom. The van der Waals surface area contributed by atoms with Crippen molar-refractivity contribution < 1.29 is 0 Å². The lowest BCUT2D eigenvalue weighted by Crippen LogP contribution is -2.19. The van der Waals surface area contributed by atoms with Gasteiger partial charge in [-0.3, -0.25) is 0 Å². The zero-order chi connectivity index (χ0) is 15.2. The second-order valence-electron chi connectivity index (χ2n) is 7.86. The van der Waals surface area contributed by atoms with Crippen molar-refractivity contribution in [2.45, 2.75) is 63.7 Å². The van der Waals surface area contributed by atoms with Crippen LogP contribution in [0.25, 0.3) is 11.1 Å². The fourth-order valence-corrected chi connectivity index (χ4v) is 5.66. The zero-order valence-electron chi connectivity index (χ0n) is 14.0. The summed E-state index contributed by atoms with van der Waals surface area (Å²) >= 11 is 0. The lowest BCUT2D eigenvalue weighted by molar-refractivity contribution is 0.386. The average Bonchev–Trinajstić information content (AvgIpc) is 3.15. The van der Waals surface area contributed by atoms with E-state index in [1.54, 1.807) is 22.3 Å². The Kier molecular flexibility index (Phi) is 3.32. The van der Waals surface area contributed by atoms with Crippen LogP contribution in [0.3, 0.4) is 0 Å². The van der Waals surface area contributed by atoms with Crippen molar-refractivity contribution >= 4 is 0 Å². The molecule has 118 valence electrons. The summed E-state index contributed by atoms with van der Waals surface area (Å²) in [5, 5.41) is 0. The first-order chi connectivity index (χ1) is 11.4. The second kappa shape index (κ2) is 5.51. The maximum Gasteiger partial charge on any atom is -0.0131 e. The Labute approximate surface area is 139 Å². The Morgan fingerprint density at radius 2 is 1.52 bits per heavy atom. The second-order valence-corrected chi connectivity index (χ2v) is 7.86. The van der Waals surface area contributed by atoms with Gasteiger partial charge in [0.05, 0.1) is 0 Å². The molecule has 0 bridgehead atoms. The van der Waals surface area contributed by atoms with Crippen molar-refractivity contribution in [1.29, 1.82) is 0 Å². The Balaban J connectivity index is 1.62. The predicted molar refractivity (Wildman–Crippen MR) is 96.9 cm³/mol. The number of hydrogen-bond acceptors (Lipinski definition) is 0. The van der Waals surface area contributed by atoms with Crippen LogP contribution < -0.4 is 0 Å². The van der Waals surface area contributed by atoms with Crippen LogP contribution in [0.2, 0.25) is 0 Å². The van der Waals surface area contributed by atoms with E-state index >= 15 is 0 Å². The molecule has 23 heavy (non-hydrogen) atoms. The molecule has 0 amide bonds. The van der Waals surface area contributed by atoms with Crippen LogP contribution in [0.1, 0.15) is 66.7 Å². The molecular formula is C23H26. The standard InChI is InChI=1S/C23H26/c1-2-7-16(6-1)19-10-5-11-20-21(19)14-15-22-18-9-4-3-8-17(18)12-13-23(20)22/h3-4,8-9,14-16,19H,1-2,5-7,10-13H2. The molecule has 0 spiro atoms. The van der Waals surface area contributed by atoms with E-state index in [0.717, 1.165) is 11.8 Å². The number of rotatable bonds is 1. The summed E-state index contributed by atoms with van der Waals surface area (Å²) in [6, 6.07) is 14.0. The zero-order valence-corrected chi connectivity index (χ0v) is 14.0. The van der Waals surface area contributed by atoms with Crippen molar-refractivity contribution in [3.05, 3.63) is 58.7 Å². The first-order valence-corrected chi connectivity index (χ1v) is 9.65. The Hall–Kier alpha value is -1.56. The summed E-state index contributed by atoms with van der Waals surface area (Å²) in [6.45, 7) is 0. The average molecular weight is 302 g/mol. The van der Waals surface area contributed by atoms with Crippen molar-refractivity contribution in [3.63, 3.8) is 0 Å². The van der Waals surface area contributed by atoms with Gasteiger partial charge < -0.3 is 0 Å². The van der Waals surface area contributed by atoms with Gasteiger partial charge in [-0.2, -0.15) is 0 Å². The third-order valence-electron chi connectivity index (χ3n) is 6.73. The van der Waals surface area contributed by atoms with Gasteiger partial charge in [0.25, 0.3) is 0 Å². The monoisotopic (exact) mass is 302 g/mol. The van der Waals surface area contributed by atoms with Crippen LogP contribution in [0.4, 0.5) is 0 Å². The molecule has 0 N–H and O–H groups in total. The molecule has 0 nitrogen and oxygen atoms in total. The van der Waals surface area contributed by atoms with Gasteiger partial charge in [-0.1, -0.05) is 49.2 Å². The number of fused-ring (bicyclic) bond motifs is 5. The molecule has 0 radical (unpaired) electrons. The van der Waals surface area contributed by atoms with Crippen molar-refractivity contribution in [2.24, 2.45) is 5.92 Å². The molecular weight excluding hydrogens is 276 g/mol. The molecule has 2 aromatic carbocycles. The van der Waals surface area contributed by atoms with E-state index in [4.69, 9.17) is 0 Å². The molecule has 0 saturated heterocycles. The molecule has 0 heterocycles. The van der Waals surface area contributed by atoms with Gasteiger partial charge in [0.15, 0.2) is 0 Å². The summed E-state index contributed by atoms with van der Waals surface area (Å²) in [7, 11) is 0. The predicted octanol–water partition coefficient (Wildman–Crippen LogP) is 6.06. The maximum atomic E-state index is 2.51. The summed E-state index contributed by atoms with van der Waals surface area (Å²) in [4.78, 5) is 0. The van der Waals surface area contributed by atoms with E-state index in [1.165, 1.54) is 68.9 Å². The summed E-state index contributed by atoms with van der Waals surface area (Å²) in [5.41, 5.74) is 9.77. The van der Waals surface area contributed by atoms with Gasteiger partial charge in [-0.15, -0.1) is 0 Å². The molecule has 3 aliphatic carbocycles. The highest BCUT2D eigenvalue weighted by molar-refractivity contribution is 5.75. The van der Waals surface area contributed by atoms with E-state index in [1.807, 2.05) is 0 Å². The van der Waals surface area contributed by atoms with Crippen molar-refractivity contribution in [3.8, 4) is 11.1 Å². The number of hydrogen-bond donors (Lipinski definition) is 0. The van der Waals surface area contributed by atoms with Gasteiger partial charge >= 0.3 is 0 Å². The molecule has 1 unspecified atom stereocenters. The van der Waals surface area contributed by atoms with E-state index in [2.05, 4.69) is 36.4 Å². The normalized spacial score (nSPS) is 23.2. The van der Waals surface area contributed by atoms with Crippen LogP contribution in [0, 0.1) is 5.92 Å². The first-order valence-electron chi connectivity index (χ1n) is 9.65. The van der Waals surface area contributed by atoms with Gasteiger partial charge in [0.2, 0.25) is 0 Å². The molecule has 1 atom stereocenters. The molecule has 0 heteroatoms. The quantitative estimate of drug-likeness (QED) is 0.600. The highest BCUT2D eigenvalue weighted by atomic mass is 14.4. The van der Waals surface area contributed by atoms with Crippen LogP contribution in [0.5, 0.6) is 0 Å². The summed E-state index contributed by atoms with van der Waals surface area (Å²) < 4.78 is 0. The number of benzene rings is 2. The third-order valence-corrected chi connectivity index (χ3v) is 6.73. The lowest BCUT2D eigenvalue weighted by atomic mass is 9.71. The first kappa shape index (κ1) is 13.8. The highest BCUT2D eigenvalue weighted by Gasteiger charge is 2.32. The Morgan fingerprint density at radius 3 is 2.43 bits per heavy atom. The van der Waals surface area contributed by atoms with E-state index < -0.39 is 0 Å². The highest BCUT2D eigenvalue weighted by Crippen LogP contribution is 2.47. The minimum atomic E-state index is 0.865. The molecule has 1 saturated carbocycles. The fourth-order valence-electron chi connectivity index (χ4n) is 5.66. The Bertz CT molecular complexity index is 734. The lowest BCUT2D eigenvalue weighted by Gasteiger charge is -2.34. The smallest absolute Gasteiger partial charge is 0.0131 e. The fraction of sp³-hybridized carbons (Fsp3) is 0.478. The molecule has 0 aliphatic heterocycles. The molecule has 2 aromatic rings. The molecule has 5 rings (SSSR count). The SMILES string of the molecule is c1ccc2c(c1)CCc1c-2ccc2c1CCCC2C1CCCC1. The van der Waals surface area contributed by atoms with Gasteiger partial charge in [0, 0.05) is 0 Å². The summed E-state index contributed by atoms with van der Waals surface area (Å²) in [6.07, 6.45) is 12.5. The van der Waals surface area contributed by atoms with E-state index in [-0.39, 0.29) is 0 Å². The van der Waals surface area contributed by atoms with E-state index in [9.17, 15) is 0 Å². The number of aryl methyl sites for hydroxylation is 1. The topological polar surface area (TPSA) is 0 Å². The minimum absolute atomic E-state index is 0.865. The maximum absolute atomic E-state index is 2.51. The van der Waals surface area contributed by atoms with Crippen LogP contribution >= 0.6 is 0 Å². The molecule has 3 aliphatic rings.